The molecule has 28 heavy (non-hydrogen) atoms. The summed E-state index contributed by atoms with van der Waals surface area (Å²) in [6.45, 7) is 0.309. The van der Waals surface area contributed by atoms with Gasteiger partial charge in [-0.2, -0.15) is 0 Å². The first-order valence-corrected chi connectivity index (χ1v) is 9.05. The third-order valence-corrected chi connectivity index (χ3v) is 4.28. The van der Waals surface area contributed by atoms with E-state index >= 15 is 0 Å². The number of aromatic nitrogens is 1. The van der Waals surface area contributed by atoms with Crippen LogP contribution in [0.25, 0.3) is 0 Å². The lowest BCUT2D eigenvalue weighted by Gasteiger charge is -2.15. The van der Waals surface area contributed by atoms with Crippen molar-refractivity contribution in [2.75, 3.05) is 0 Å². The summed E-state index contributed by atoms with van der Waals surface area (Å²) in [4.78, 5) is 13.7. The van der Waals surface area contributed by atoms with Crippen LogP contribution in [0.5, 0.6) is 0 Å². The number of carbonyl (C=O) groups is 1. The van der Waals surface area contributed by atoms with Crippen molar-refractivity contribution in [2.45, 2.75) is 0 Å². The van der Waals surface area contributed by atoms with Gasteiger partial charge >= 0.3 is 5.97 Å². The van der Waals surface area contributed by atoms with Crippen LogP contribution >= 0.6 is 0 Å². The summed E-state index contributed by atoms with van der Waals surface area (Å²) in [7, 11) is 0. The summed E-state index contributed by atoms with van der Waals surface area (Å²) in [5, 5.41) is 8.32. The van der Waals surface area contributed by atoms with Gasteiger partial charge in [0.2, 0.25) is 6.71 Å². The van der Waals surface area contributed by atoms with Crippen molar-refractivity contribution in [3.8, 4) is 0 Å². The Balaban J connectivity index is 0.000000211. The highest BCUT2D eigenvalue weighted by atomic mass is 16.4. The molecular weight excluding hydrogens is 345 g/mol. The van der Waals surface area contributed by atoms with Gasteiger partial charge in [0.25, 0.3) is 0 Å². The molecule has 1 aromatic heterocycles. The molecule has 0 aliphatic carbocycles. The zero-order valence-corrected chi connectivity index (χ0v) is 15.3. The molecule has 0 bridgehead atoms. The molecule has 0 saturated heterocycles. The van der Waals surface area contributed by atoms with Gasteiger partial charge in [0, 0.05) is 6.20 Å². The third kappa shape index (κ3) is 5.18. The van der Waals surface area contributed by atoms with E-state index in [9.17, 15) is 4.79 Å². The zero-order chi connectivity index (χ0) is 19.6. The minimum absolute atomic E-state index is 0.0810. The highest BCUT2D eigenvalue weighted by Gasteiger charge is 2.20. The first kappa shape index (κ1) is 19.1. The Morgan fingerprint density at radius 2 is 1.00 bits per heavy atom. The summed E-state index contributed by atoms with van der Waals surface area (Å²) < 4.78 is 0. The molecule has 0 radical (unpaired) electrons. The molecule has 0 spiro atoms. The van der Waals surface area contributed by atoms with E-state index in [1.807, 2.05) is 0 Å². The van der Waals surface area contributed by atoms with E-state index in [0.29, 0.717) is 6.71 Å². The van der Waals surface area contributed by atoms with Crippen molar-refractivity contribution in [3.63, 3.8) is 0 Å². The van der Waals surface area contributed by atoms with Crippen molar-refractivity contribution in [1.29, 1.82) is 0 Å². The van der Waals surface area contributed by atoms with E-state index in [4.69, 9.17) is 5.11 Å². The van der Waals surface area contributed by atoms with Gasteiger partial charge in [-0.1, -0.05) is 113 Å². The molecule has 0 aliphatic rings. The number of carboxylic acid groups (broad SMARTS) is 1. The summed E-state index contributed by atoms with van der Waals surface area (Å²) in [6.07, 6.45) is 1.45. The molecule has 0 unspecified atom stereocenters. The summed E-state index contributed by atoms with van der Waals surface area (Å²) >= 11 is 0. The van der Waals surface area contributed by atoms with E-state index < -0.39 is 5.97 Å². The zero-order valence-electron chi connectivity index (χ0n) is 15.3. The molecule has 1 N–H and O–H groups in total. The lowest BCUT2D eigenvalue weighted by molar-refractivity contribution is 0.0690. The van der Waals surface area contributed by atoms with Crippen LogP contribution in [-0.4, -0.2) is 22.8 Å². The number of hydrogen-bond donors (Lipinski definition) is 1. The van der Waals surface area contributed by atoms with Crippen LogP contribution in [0.1, 0.15) is 10.5 Å². The Bertz CT molecular complexity index is 884. The molecule has 4 heteroatoms. The van der Waals surface area contributed by atoms with Crippen molar-refractivity contribution in [2.24, 2.45) is 0 Å². The van der Waals surface area contributed by atoms with Gasteiger partial charge in [0.1, 0.15) is 5.69 Å². The standard InChI is InChI=1S/C18H15B.C6H5NO2/c1-4-10-16(11-5-1)19(17-12-6-2-7-13-17)18-14-8-3-9-15-18;8-6(9)5-3-1-2-4-7-5/h1-15H;1-4H,(H,8,9). The van der Waals surface area contributed by atoms with Crippen molar-refractivity contribution in [3.05, 3.63) is 121 Å². The highest BCUT2D eigenvalue weighted by molar-refractivity contribution is 6.95. The molecule has 136 valence electrons. The minimum Gasteiger partial charge on any atom is -0.477 e. The first-order valence-electron chi connectivity index (χ1n) is 9.05. The smallest absolute Gasteiger partial charge is 0.354 e. The molecule has 0 atom stereocenters. The maximum absolute atomic E-state index is 10.1. The second kappa shape index (κ2) is 9.88. The van der Waals surface area contributed by atoms with Crippen LogP contribution in [0, 0.1) is 0 Å². The van der Waals surface area contributed by atoms with E-state index in [-0.39, 0.29) is 5.69 Å². The second-order valence-corrected chi connectivity index (χ2v) is 6.19. The minimum atomic E-state index is -0.990. The SMILES string of the molecule is O=C(O)c1ccccn1.c1ccc(B(c2ccccc2)c2ccccc2)cc1. The normalized spacial score (nSPS) is 9.71. The summed E-state index contributed by atoms with van der Waals surface area (Å²) in [6, 6.07) is 36.8. The average Bonchev–Trinajstić information content (AvgIpc) is 2.77. The maximum atomic E-state index is 10.1. The van der Waals surface area contributed by atoms with Crippen molar-refractivity contribution >= 4 is 29.1 Å². The summed E-state index contributed by atoms with van der Waals surface area (Å²) in [5.74, 6) is -0.990. The van der Waals surface area contributed by atoms with Crippen LogP contribution in [-0.2, 0) is 0 Å². The third-order valence-electron chi connectivity index (χ3n) is 4.28. The van der Waals surface area contributed by atoms with Crippen LogP contribution in [0.15, 0.2) is 115 Å². The number of aromatic carboxylic acids is 1. The molecule has 0 fully saturated rings. The largest absolute Gasteiger partial charge is 0.477 e. The number of hydrogen-bond acceptors (Lipinski definition) is 2. The quantitative estimate of drug-likeness (QED) is 0.566. The van der Waals surface area contributed by atoms with Crippen LogP contribution in [0.3, 0.4) is 0 Å². The Morgan fingerprint density at radius 1 is 0.607 bits per heavy atom. The topological polar surface area (TPSA) is 50.2 Å². The highest BCUT2D eigenvalue weighted by Crippen LogP contribution is 1.95. The molecule has 0 saturated carbocycles. The Hall–Kier alpha value is -3.66. The second-order valence-electron chi connectivity index (χ2n) is 6.19. The number of benzene rings is 3. The van der Waals surface area contributed by atoms with Gasteiger partial charge in [-0.15, -0.1) is 0 Å². The number of pyridine rings is 1. The van der Waals surface area contributed by atoms with Crippen molar-refractivity contribution < 1.29 is 9.90 Å². The van der Waals surface area contributed by atoms with E-state index in [1.165, 1.54) is 28.7 Å². The fraction of sp³-hybridized carbons (Fsp3) is 0. The maximum Gasteiger partial charge on any atom is 0.354 e. The van der Waals surface area contributed by atoms with Crippen molar-refractivity contribution in [1.82, 2.24) is 4.98 Å². The predicted molar refractivity (Wildman–Crippen MR) is 115 cm³/mol. The molecule has 3 aromatic carbocycles. The summed E-state index contributed by atoms with van der Waals surface area (Å²) in [5.41, 5.74) is 4.08. The van der Waals surface area contributed by atoms with Gasteiger partial charge < -0.3 is 5.11 Å². The molecule has 4 aromatic rings. The lowest BCUT2D eigenvalue weighted by atomic mass is 9.37. The molecule has 0 amide bonds. The lowest BCUT2D eigenvalue weighted by Crippen LogP contribution is -2.51. The fourth-order valence-electron chi connectivity index (χ4n) is 3.00. The fourth-order valence-corrected chi connectivity index (χ4v) is 3.00. The van der Waals surface area contributed by atoms with E-state index in [1.54, 1.807) is 12.1 Å². The molecule has 3 nitrogen and oxygen atoms in total. The van der Waals surface area contributed by atoms with Gasteiger partial charge in [0.05, 0.1) is 0 Å². The monoisotopic (exact) mass is 365 g/mol. The molecule has 1 heterocycles. The Morgan fingerprint density at radius 3 is 1.29 bits per heavy atom. The molecule has 4 rings (SSSR count). The first-order chi connectivity index (χ1) is 13.8. The molecular formula is C24H20BNO2. The number of rotatable bonds is 4. The van der Waals surface area contributed by atoms with Crippen LogP contribution in [0.4, 0.5) is 0 Å². The van der Waals surface area contributed by atoms with Gasteiger partial charge in [-0.3, -0.25) is 0 Å². The van der Waals surface area contributed by atoms with E-state index in [2.05, 4.69) is 96.0 Å². The number of nitrogens with zero attached hydrogens (tertiary/aromatic N) is 1. The van der Waals surface area contributed by atoms with Gasteiger partial charge in [-0.25, -0.2) is 9.78 Å². The Labute approximate surface area is 165 Å². The van der Waals surface area contributed by atoms with E-state index in [0.717, 1.165) is 0 Å². The molecule has 0 aliphatic heterocycles. The predicted octanol–water partition coefficient (Wildman–Crippen LogP) is 2.98. The van der Waals surface area contributed by atoms with Crippen LogP contribution in [0.2, 0.25) is 0 Å². The number of carboxylic acids is 1. The van der Waals surface area contributed by atoms with Gasteiger partial charge in [0.15, 0.2) is 0 Å². The van der Waals surface area contributed by atoms with Gasteiger partial charge in [-0.05, 0) is 12.1 Å². The average molecular weight is 365 g/mol. The van der Waals surface area contributed by atoms with Crippen LogP contribution < -0.4 is 16.4 Å². The Kier molecular flexibility index (Phi) is 6.75.